The maximum Gasteiger partial charge on any atom is 0.141 e. The highest BCUT2D eigenvalue weighted by Crippen LogP contribution is 2.35. The Kier molecular flexibility index (Phi) is 3.08. The highest BCUT2D eigenvalue weighted by Gasteiger charge is 2.22. The van der Waals surface area contributed by atoms with Gasteiger partial charge in [0.1, 0.15) is 11.6 Å². The van der Waals surface area contributed by atoms with Gasteiger partial charge in [-0.3, -0.25) is 0 Å². The molecule has 1 heterocycles. The summed E-state index contributed by atoms with van der Waals surface area (Å²) >= 11 is 1.38. The second-order valence-corrected chi connectivity index (χ2v) is 5.85. The maximum atomic E-state index is 13.9. The van der Waals surface area contributed by atoms with E-state index in [1.807, 2.05) is 6.92 Å². The van der Waals surface area contributed by atoms with Gasteiger partial charge in [-0.25, -0.2) is 8.78 Å². The first kappa shape index (κ1) is 12.1. The third-order valence-electron chi connectivity index (χ3n) is 3.40. The van der Waals surface area contributed by atoms with E-state index in [4.69, 9.17) is 0 Å². The van der Waals surface area contributed by atoms with Crippen molar-refractivity contribution >= 4 is 21.4 Å². The Morgan fingerprint density at radius 2 is 2.00 bits per heavy atom. The van der Waals surface area contributed by atoms with Crippen LogP contribution in [0, 0.1) is 11.6 Å². The lowest BCUT2D eigenvalue weighted by atomic mass is 10.1. The summed E-state index contributed by atoms with van der Waals surface area (Å²) in [6.07, 6.45) is 3.17. The van der Waals surface area contributed by atoms with Crippen LogP contribution >= 0.6 is 11.3 Å². The van der Waals surface area contributed by atoms with Crippen molar-refractivity contribution in [3.05, 3.63) is 34.2 Å². The first-order valence-electron chi connectivity index (χ1n) is 6.32. The van der Waals surface area contributed by atoms with E-state index in [0.29, 0.717) is 16.1 Å². The van der Waals surface area contributed by atoms with Gasteiger partial charge in [0.2, 0.25) is 0 Å². The number of rotatable bonds is 4. The van der Waals surface area contributed by atoms with Gasteiger partial charge >= 0.3 is 0 Å². The summed E-state index contributed by atoms with van der Waals surface area (Å²) in [7, 11) is 0. The molecule has 1 fully saturated rings. The summed E-state index contributed by atoms with van der Waals surface area (Å²) in [4.78, 5) is 1.07. The molecule has 96 valence electrons. The lowest BCUT2D eigenvalue weighted by Crippen LogP contribution is -2.15. The minimum atomic E-state index is -0.316. The monoisotopic (exact) mass is 267 g/mol. The Hall–Kier alpha value is -1.00. The zero-order valence-corrected chi connectivity index (χ0v) is 11.0. The first-order chi connectivity index (χ1) is 8.70. The van der Waals surface area contributed by atoms with E-state index < -0.39 is 0 Å². The molecule has 18 heavy (non-hydrogen) atoms. The van der Waals surface area contributed by atoms with Crippen molar-refractivity contribution in [1.82, 2.24) is 5.32 Å². The van der Waals surface area contributed by atoms with E-state index >= 15 is 0 Å². The smallest absolute Gasteiger partial charge is 0.141 e. The summed E-state index contributed by atoms with van der Waals surface area (Å²) in [5, 5.41) is 3.89. The molecule has 0 bridgehead atoms. The van der Waals surface area contributed by atoms with Gasteiger partial charge in [-0.05, 0) is 37.0 Å². The molecule has 0 atom stereocenters. The number of aryl methyl sites for hydroxylation is 1. The van der Waals surface area contributed by atoms with Gasteiger partial charge in [-0.1, -0.05) is 6.92 Å². The number of nitrogens with one attached hydrogen (secondary N) is 1. The lowest BCUT2D eigenvalue weighted by molar-refractivity contribution is 0.618. The zero-order valence-electron chi connectivity index (χ0n) is 10.2. The molecular formula is C14H15F2NS. The average molecular weight is 267 g/mol. The molecule has 1 aromatic heterocycles. The minimum Gasteiger partial charge on any atom is -0.309 e. The molecule has 0 unspecified atom stereocenters. The van der Waals surface area contributed by atoms with Gasteiger partial charge in [0.15, 0.2) is 0 Å². The van der Waals surface area contributed by atoms with Crippen molar-refractivity contribution < 1.29 is 8.78 Å². The molecule has 2 aromatic rings. The quantitative estimate of drug-likeness (QED) is 0.883. The fourth-order valence-corrected chi connectivity index (χ4v) is 3.54. The molecule has 1 aliphatic rings. The molecule has 1 nitrogen and oxygen atoms in total. The van der Waals surface area contributed by atoms with Crippen LogP contribution in [0.1, 0.15) is 30.2 Å². The van der Waals surface area contributed by atoms with E-state index in [2.05, 4.69) is 5.32 Å². The van der Waals surface area contributed by atoms with E-state index in [1.54, 1.807) is 0 Å². The summed E-state index contributed by atoms with van der Waals surface area (Å²) in [5.41, 5.74) is 0.958. The lowest BCUT2D eigenvalue weighted by Gasteiger charge is -2.03. The molecular weight excluding hydrogens is 252 g/mol. The van der Waals surface area contributed by atoms with Crippen molar-refractivity contribution in [3.8, 4) is 0 Å². The van der Waals surface area contributed by atoms with Crippen LogP contribution in [-0.4, -0.2) is 6.04 Å². The summed E-state index contributed by atoms with van der Waals surface area (Å²) in [6, 6.07) is 3.04. The molecule has 1 aliphatic carbocycles. The van der Waals surface area contributed by atoms with Crippen LogP contribution in [-0.2, 0) is 13.0 Å². The molecule has 3 rings (SSSR count). The van der Waals surface area contributed by atoms with Crippen molar-refractivity contribution in [2.75, 3.05) is 0 Å². The molecule has 1 N–H and O–H groups in total. The minimum absolute atomic E-state index is 0.308. The fourth-order valence-electron chi connectivity index (χ4n) is 2.28. The summed E-state index contributed by atoms with van der Waals surface area (Å²) in [5.74, 6) is -0.624. The van der Waals surface area contributed by atoms with E-state index in [0.717, 1.165) is 23.4 Å². The SMILES string of the molecule is CCc1c(CNC2CC2)sc2c(F)ccc(F)c12. The predicted octanol–water partition coefficient (Wildman–Crippen LogP) is 3.99. The van der Waals surface area contributed by atoms with Gasteiger partial charge < -0.3 is 5.32 Å². The molecule has 0 amide bonds. The highest BCUT2D eigenvalue weighted by atomic mass is 32.1. The standard InChI is InChI=1S/C14H15F2NS/c1-2-9-12(7-17-8-3-4-8)18-14-11(16)6-5-10(15)13(9)14/h5-6,8,17H,2-4,7H2,1H3. The number of thiophene rings is 1. The molecule has 0 spiro atoms. The Morgan fingerprint density at radius 1 is 1.28 bits per heavy atom. The number of hydrogen-bond donors (Lipinski definition) is 1. The number of benzene rings is 1. The van der Waals surface area contributed by atoms with Crippen LogP contribution < -0.4 is 5.32 Å². The second-order valence-electron chi connectivity index (χ2n) is 4.75. The third kappa shape index (κ3) is 2.04. The van der Waals surface area contributed by atoms with E-state index in [-0.39, 0.29) is 11.6 Å². The highest BCUT2D eigenvalue weighted by molar-refractivity contribution is 7.19. The van der Waals surface area contributed by atoms with Crippen molar-refractivity contribution in [3.63, 3.8) is 0 Å². The molecule has 0 radical (unpaired) electrons. The van der Waals surface area contributed by atoms with Gasteiger partial charge in [0, 0.05) is 22.8 Å². The average Bonchev–Trinajstić information content (AvgIpc) is 3.11. The predicted molar refractivity (Wildman–Crippen MR) is 71.0 cm³/mol. The molecule has 1 aromatic carbocycles. The van der Waals surface area contributed by atoms with Crippen LogP contribution in [0.3, 0.4) is 0 Å². The van der Waals surface area contributed by atoms with E-state index in [9.17, 15) is 8.78 Å². The number of halogens is 2. The zero-order chi connectivity index (χ0) is 12.7. The van der Waals surface area contributed by atoms with Crippen LogP contribution in [0.4, 0.5) is 8.78 Å². The normalized spacial score (nSPS) is 15.5. The Labute approximate surface area is 109 Å². The van der Waals surface area contributed by atoms with E-state index in [1.165, 1.54) is 36.3 Å². The molecule has 0 saturated heterocycles. The summed E-state index contributed by atoms with van der Waals surface area (Å²) in [6.45, 7) is 2.72. The Morgan fingerprint density at radius 3 is 2.67 bits per heavy atom. The van der Waals surface area contributed by atoms with Crippen LogP contribution in [0.5, 0.6) is 0 Å². The largest absolute Gasteiger partial charge is 0.309 e. The fraction of sp³-hybridized carbons (Fsp3) is 0.429. The van der Waals surface area contributed by atoms with Crippen molar-refractivity contribution in [2.45, 2.75) is 38.8 Å². The first-order valence-corrected chi connectivity index (χ1v) is 7.14. The number of fused-ring (bicyclic) bond motifs is 1. The number of hydrogen-bond acceptors (Lipinski definition) is 2. The summed E-state index contributed by atoms with van der Waals surface area (Å²) < 4.78 is 28.0. The second kappa shape index (κ2) is 4.59. The van der Waals surface area contributed by atoms with Crippen LogP contribution in [0.2, 0.25) is 0 Å². The van der Waals surface area contributed by atoms with Crippen LogP contribution in [0.15, 0.2) is 12.1 Å². The van der Waals surface area contributed by atoms with Crippen LogP contribution in [0.25, 0.3) is 10.1 Å². The van der Waals surface area contributed by atoms with Crippen molar-refractivity contribution in [1.29, 1.82) is 0 Å². The Balaban J connectivity index is 2.06. The molecule has 1 saturated carbocycles. The molecule has 4 heteroatoms. The van der Waals surface area contributed by atoms with Crippen molar-refractivity contribution in [2.24, 2.45) is 0 Å². The van der Waals surface area contributed by atoms with Gasteiger partial charge in [-0.2, -0.15) is 0 Å². The topological polar surface area (TPSA) is 12.0 Å². The van der Waals surface area contributed by atoms with Gasteiger partial charge in [0.25, 0.3) is 0 Å². The van der Waals surface area contributed by atoms with Gasteiger partial charge in [-0.15, -0.1) is 11.3 Å². The van der Waals surface area contributed by atoms with Gasteiger partial charge in [0.05, 0.1) is 4.70 Å². The maximum absolute atomic E-state index is 13.9. The molecule has 0 aliphatic heterocycles. The third-order valence-corrected chi connectivity index (χ3v) is 4.65. The Bertz CT molecular complexity index is 587.